The standard InChI is InChI=1S/C14H19FO2/c1-10-5-6-12(15)11(9-10)13(16)17-8-7-14(2,3)4/h5-6,9H,7-8H2,1-4H3. The van der Waals surface area contributed by atoms with Crippen molar-refractivity contribution in [2.45, 2.75) is 34.1 Å². The molecule has 17 heavy (non-hydrogen) atoms. The van der Waals surface area contributed by atoms with Gasteiger partial charge in [0.2, 0.25) is 0 Å². The first-order valence-electron chi connectivity index (χ1n) is 5.73. The Labute approximate surface area is 102 Å². The van der Waals surface area contributed by atoms with Gasteiger partial charge in [-0.2, -0.15) is 0 Å². The molecule has 0 aliphatic heterocycles. The summed E-state index contributed by atoms with van der Waals surface area (Å²) in [5, 5.41) is 0. The van der Waals surface area contributed by atoms with Crippen LogP contribution in [-0.2, 0) is 4.74 Å². The molecular formula is C14H19FO2. The van der Waals surface area contributed by atoms with Crippen LogP contribution in [-0.4, -0.2) is 12.6 Å². The average molecular weight is 238 g/mol. The van der Waals surface area contributed by atoms with Crippen LogP contribution in [0.25, 0.3) is 0 Å². The van der Waals surface area contributed by atoms with Gasteiger partial charge in [-0.05, 0) is 30.9 Å². The first-order chi connectivity index (χ1) is 7.79. The van der Waals surface area contributed by atoms with Crippen molar-refractivity contribution < 1.29 is 13.9 Å². The van der Waals surface area contributed by atoms with Crippen LogP contribution in [0.2, 0.25) is 0 Å². The monoisotopic (exact) mass is 238 g/mol. The van der Waals surface area contributed by atoms with E-state index in [1.807, 2.05) is 6.92 Å². The van der Waals surface area contributed by atoms with Gasteiger partial charge in [0.25, 0.3) is 0 Å². The van der Waals surface area contributed by atoms with Crippen LogP contribution in [0.5, 0.6) is 0 Å². The lowest BCUT2D eigenvalue weighted by Gasteiger charge is -2.17. The maximum absolute atomic E-state index is 13.4. The smallest absolute Gasteiger partial charge is 0.341 e. The minimum atomic E-state index is -0.588. The third-order valence-electron chi connectivity index (χ3n) is 2.43. The fourth-order valence-electron chi connectivity index (χ4n) is 1.32. The Morgan fingerprint density at radius 3 is 2.59 bits per heavy atom. The zero-order valence-electron chi connectivity index (χ0n) is 10.8. The van der Waals surface area contributed by atoms with E-state index in [4.69, 9.17) is 4.74 Å². The molecule has 0 aliphatic carbocycles. The van der Waals surface area contributed by atoms with Crippen LogP contribution < -0.4 is 0 Å². The number of benzene rings is 1. The fraction of sp³-hybridized carbons (Fsp3) is 0.500. The molecule has 0 N–H and O–H groups in total. The van der Waals surface area contributed by atoms with Gasteiger partial charge in [0.05, 0.1) is 12.2 Å². The van der Waals surface area contributed by atoms with Crippen LogP contribution in [0.15, 0.2) is 18.2 Å². The highest BCUT2D eigenvalue weighted by Gasteiger charge is 2.15. The van der Waals surface area contributed by atoms with E-state index < -0.39 is 11.8 Å². The Kier molecular flexibility index (Phi) is 4.27. The largest absolute Gasteiger partial charge is 0.462 e. The second-order valence-corrected chi connectivity index (χ2v) is 5.43. The number of halogens is 1. The maximum atomic E-state index is 13.4. The molecule has 0 atom stereocenters. The third-order valence-corrected chi connectivity index (χ3v) is 2.43. The van der Waals surface area contributed by atoms with E-state index in [0.717, 1.165) is 12.0 Å². The maximum Gasteiger partial charge on any atom is 0.341 e. The van der Waals surface area contributed by atoms with Crippen molar-refractivity contribution in [1.82, 2.24) is 0 Å². The fourth-order valence-corrected chi connectivity index (χ4v) is 1.32. The summed E-state index contributed by atoms with van der Waals surface area (Å²) in [6.45, 7) is 8.32. The molecule has 0 bridgehead atoms. The normalized spacial score (nSPS) is 11.4. The number of hydrogen-bond donors (Lipinski definition) is 0. The SMILES string of the molecule is Cc1ccc(F)c(C(=O)OCCC(C)(C)C)c1. The second-order valence-electron chi connectivity index (χ2n) is 5.43. The molecule has 0 spiro atoms. The highest BCUT2D eigenvalue weighted by molar-refractivity contribution is 5.89. The Morgan fingerprint density at radius 1 is 1.35 bits per heavy atom. The van der Waals surface area contributed by atoms with Gasteiger partial charge >= 0.3 is 5.97 Å². The van der Waals surface area contributed by atoms with Crippen molar-refractivity contribution in [2.75, 3.05) is 6.61 Å². The summed E-state index contributed by atoms with van der Waals surface area (Å²) in [5.74, 6) is -1.12. The second kappa shape index (κ2) is 5.30. The summed E-state index contributed by atoms with van der Waals surface area (Å²) in [6.07, 6.45) is 0.756. The molecule has 94 valence electrons. The summed E-state index contributed by atoms with van der Waals surface area (Å²) in [4.78, 5) is 11.6. The van der Waals surface area contributed by atoms with Gasteiger partial charge in [0.15, 0.2) is 0 Å². The molecular weight excluding hydrogens is 219 g/mol. The molecule has 0 unspecified atom stereocenters. The lowest BCUT2D eigenvalue weighted by molar-refractivity contribution is 0.0459. The van der Waals surface area contributed by atoms with Crippen LogP contribution >= 0.6 is 0 Å². The minimum Gasteiger partial charge on any atom is -0.462 e. The van der Waals surface area contributed by atoms with Crippen molar-refractivity contribution in [1.29, 1.82) is 0 Å². The van der Waals surface area contributed by atoms with Gasteiger partial charge in [0.1, 0.15) is 5.82 Å². The van der Waals surface area contributed by atoms with E-state index in [-0.39, 0.29) is 11.0 Å². The molecule has 2 nitrogen and oxygen atoms in total. The number of hydrogen-bond acceptors (Lipinski definition) is 2. The predicted octanol–water partition coefficient (Wildman–Crippen LogP) is 3.73. The number of esters is 1. The summed E-state index contributed by atoms with van der Waals surface area (Å²) in [6, 6.07) is 4.42. The lowest BCUT2D eigenvalue weighted by Crippen LogP contribution is -2.14. The predicted molar refractivity (Wildman–Crippen MR) is 65.5 cm³/mol. The highest BCUT2D eigenvalue weighted by atomic mass is 19.1. The van der Waals surface area contributed by atoms with E-state index in [1.54, 1.807) is 6.07 Å². The first kappa shape index (κ1) is 13.7. The van der Waals surface area contributed by atoms with Crippen molar-refractivity contribution in [2.24, 2.45) is 5.41 Å². The molecule has 0 saturated heterocycles. The van der Waals surface area contributed by atoms with Crippen LogP contribution in [0, 0.1) is 18.2 Å². The van der Waals surface area contributed by atoms with Crippen molar-refractivity contribution >= 4 is 5.97 Å². The topological polar surface area (TPSA) is 26.3 Å². The molecule has 1 rings (SSSR count). The number of aryl methyl sites for hydroxylation is 1. The zero-order valence-corrected chi connectivity index (χ0v) is 10.8. The average Bonchev–Trinajstić information content (AvgIpc) is 2.19. The summed E-state index contributed by atoms with van der Waals surface area (Å²) >= 11 is 0. The van der Waals surface area contributed by atoms with Gasteiger partial charge in [0, 0.05) is 0 Å². The Morgan fingerprint density at radius 2 is 2.00 bits per heavy atom. The first-order valence-corrected chi connectivity index (χ1v) is 5.73. The van der Waals surface area contributed by atoms with Crippen molar-refractivity contribution in [3.8, 4) is 0 Å². The lowest BCUT2D eigenvalue weighted by atomic mass is 9.93. The van der Waals surface area contributed by atoms with Crippen LogP contribution in [0.1, 0.15) is 43.1 Å². The zero-order chi connectivity index (χ0) is 13.1. The third kappa shape index (κ3) is 4.55. The van der Waals surface area contributed by atoms with Crippen molar-refractivity contribution in [3.05, 3.63) is 35.1 Å². The number of rotatable bonds is 3. The van der Waals surface area contributed by atoms with Gasteiger partial charge in [-0.3, -0.25) is 0 Å². The van der Waals surface area contributed by atoms with E-state index in [2.05, 4.69) is 20.8 Å². The van der Waals surface area contributed by atoms with Gasteiger partial charge < -0.3 is 4.74 Å². The number of carbonyl (C=O) groups excluding carboxylic acids is 1. The van der Waals surface area contributed by atoms with E-state index >= 15 is 0 Å². The van der Waals surface area contributed by atoms with Gasteiger partial charge in [-0.25, -0.2) is 9.18 Å². The molecule has 0 radical (unpaired) electrons. The molecule has 0 aliphatic rings. The molecule has 0 aromatic heterocycles. The molecule has 1 aromatic carbocycles. The molecule has 0 heterocycles. The molecule has 1 aromatic rings. The highest BCUT2D eigenvalue weighted by Crippen LogP contribution is 2.19. The number of carbonyl (C=O) groups is 1. The van der Waals surface area contributed by atoms with E-state index in [9.17, 15) is 9.18 Å². The molecule has 0 fully saturated rings. The summed E-state index contributed by atoms with van der Waals surface area (Å²) in [7, 11) is 0. The minimum absolute atomic E-state index is 0.0129. The molecule has 0 amide bonds. The Balaban J connectivity index is 2.61. The van der Waals surface area contributed by atoms with Gasteiger partial charge in [-0.15, -0.1) is 0 Å². The number of ether oxygens (including phenoxy) is 1. The van der Waals surface area contributed by atoms with Gasteiger partial charge in [-0.1, -0.05) is 32.4 Å². The van der Waals surface area contributed by atoms with Crippen LogP contribution in [0.4, 0.5) is 4.39 Å². The summed E-state index contributed by atoms with van der Waals surface area (Å²) in [5.41, 5.74) is 0.957. The quantitative estimate of drug-likeness (QED) is 0.750. The molecule has 3 heteroatoms. The Bertz CT molecular complexity index is 405. The van der Waals surface area contributed by atoms with Crippen molar-refractivity contribution in [3.63, 3.8) is 0 Å². The Hall–Kier alpha value is -1.38. The summed E-state index contributed by atoms with van der Waals surface area (Å²) < 4.78 is 18.4. The van der Waals surface area contributed by atoms with E-state index in [1.165, 1.54) is 12.1 Å². The van der Waals surface area contributed by atoms with Crippen LogP contribution in [0.3, 0.4) is 0 Å². The molecule has 0 saturated carbocycles. The van der Waals surface area contributed by atoms with E-state index in [0.29, 0.717) is 6.61 Å².